The largest absolute Gasteiger partial charge is 0.336 e. The molecule has 31 heavy (non-hydrogen) atoms. The van der Waals surface area contributed by atoms with Gasteiger partial charge >= 0.3 is 0 Å². The smallest absolute Gasteiger partial charge is 0.226 e. The number of carbonyl (C=O) groups is 1. The van der Waals surface area contributed by atoms with Crippen LogP contribution in [0.2, 0.25) is 0 Å². The Labute approximate surface area is 188 Å². The lowest BCUT2D eigenvalue weighted by atomic mass is 9.65. The maximum absolute atomic E-state index is 13.7. The lowest BCUT2D eigenvalue weighted by Crippen LogP contribution is -2.55. The molecule has 0 bridgehead atoms. The molecule has 0 heterocycles. The van der Waals surface area contributed by atoms with E-state index in [4.69, 9.17) is 0 Å². The molecule has 2 saturated carbocycles. The van der Waals surface area contributed by atoms with Crippen molar-refractivity contribution in [2.45, 2.75) is 68.9 Å². The second-order valence-corrected chi connectivity index (χ2v) is 9.92. The average Bonchev–Trinajstić information content (AvgIpc) is 2.84. The quantitative estimate of drug-likeness (QED) is 0.599. The fraction of sp³-hybridized carbons (Fsp3) is 0.536. The predicted octanol–water partition coefficient (Wildman–Crippen LogP) is 5.95. The molecule has 3 nitrogen and oxygen atoms in total. The van der Waals surface area contributed by atoms with Gasteiger partial charge in [-0.05, 0) is 63.7 Å². The van der Waals surface area contributed by atoms with Crippen LogP contribution in [0.25, 0.3) is 0 Å². The molecule has 4 rings (SSSR count). The minimum absolute atomic E-state index is 0.0221. The van der Waals surface area contributed by atoms with Crippen LogP contribution in [0.5, 0.6) is 0 Å². The van der Waals surface area contributed by atoms with Gasteiger partial charge in [0.1, 0.15) is 0 Å². The molecule has 0 saturated heterocycles. The van der Waals surface area contributed by atoms with Gasteiger partial charge in [-0.3, -0.25) is 9.69 Å². The first-order valence-corrected chi connectivity index (χ1v) is 12.1. The van der Waals surface area contributed by atoms with Gasteiger partial charge in [-0.15, -0.1) is 0 Å². The van der Waals surface area contributed by atoms with E-state index in [-0.39, 0.29) is 17.0 Å². The fourth-order valence-electron chi connectivity index (χ4n) is 6.22. The molecule has 2 fully saturated rings. The van der Waals surface area contributed by atoms with E-state index in [1.807, 2.05) is 0 Å². The van der Waals surface area contributed by atoms with Crippen molar-refractivity contribution < 1.29 is 4.79 Å². The molecule has 0 unspecified atom stereocenters. The number of amides is 1. The van der Waals surface area contributed by atoms with Crippen molar-refractivity contribution >= 4 is 5.91 Å². The van der Waals surface area contributed by atoms with E-state index in [2.05, 4.69) is 91.6 Å². The molecular weight excluding hydrogens is 380 g/mol. The maximum atomic E-state index is 13.7. The molecule has 0 aromatic heterocycles. The Bertz CT molecular complexity index is 847. The Hall–Kier alpha value is -2.13. The van der Waals surface area contributed by atoms with Gasteiger partial charge in [0.2, 0.25) is 5.91 Å². The molecule has 2 aromatic rings. The number of carbonyl (C=O) groups excluding carboxylic acids is 1. The highest BCUT2D eigenvalue weighted by Crippen LogP contribution is 2.51. The Morgan fingerprint density at radius 2 is 1.16 bits per heavy atom. The van der Waals surface area contributed by atoms with E-state index < -0.39 is 0 Å². The first-order chi connectivity index (χ1) is 15.0. The number of hydrogen-bond donors (Lipinski definition) is 0. The zero-order valence-corrected chi connectivity index (χ0v) is 19.5. The van der Waals surface area contributed by atoms with Gasteiger partial charge in [0.25, 0.3) is 0 Å². The summed E-state index contributed by atoms with van der Waals surface area (Å²) in [4.78, 5) is 18.2. The van der Waals surface area contributed by atoms with Gasteiger partial charge in [-0.2, -0.15) is 0 Å². The third-order valence-electron chi connectivity index (χ3n) is 8.31. The Kier molecular flexibility index (Phi) is 6.52. The zero-order valence-electron chi connectivity index (χ0n) is 19.5. The molecule has 0 spiro atoms. The van der Waals surface area contributed by atoms with Crippen LogP contribution in [0.3, 0.4) is 0 Å². The molecule has 2 aromatic carbocycles. The van der Waals surface area contributed by atoms with Crippen molar-refractivity contribution in [2.24, 2.45) is 5.92 Å². The van der Waals surface area contributed by atoms with Crippen LogP contribution < -0.4 is 0 Å². The van der Waals surface area contributed by atoms with Crippen molar-refractivity contribution in [3.05, 3.63) is 71.8 Å². The van der Waals surface area contributed by atoms with Crippen LogP contribution in [0.1, 0.15) is 68.9 Å². The summed E-state index contributed by atoms with van der Waals surface area (Å²) in [6.07, 6.45) is 9.83. The highest BCUT2D eigenvalue weighted by atomic mass is 16.2. The summed E-state index contributed by atoms with van der Waals surface area (Å²) in [5, 5.41) is 0. The Morgan fingerprint density at radius 3 is 1.65 bits per heavy atom. The van der Waals surface area contributed by atoms with E-state index in [0.29, 0.717) is 5.91 Å². The summed E-state index contributed by atoms with van der Waals surface area (Å²) < 4.78 is 0. The second kappa shape index (κ2) is 9.16. The third-order valence-corrected chi connectivity index (χ3v) is 8.31. The summed E-state index contributed by atoms with van der Waals surface area (Å²) in [7, 11) is 6.49. The Balaban J connectivity index is 1.67. The van der Waals surface area contributed by atoms with E-state index in [1.54, 1.807) is 0 Å². The number of benzene rings is 2. The summed E-state index contributed by atoms with van der Waals surface area (Å²) in [5.74, 6) is 0.564. The second-order valence-electron chi connectivity index (χ2n) is 9.92. The number of rotatable bonds is 5. The van der Waals surface area contributed by atoms with E-state index in [1.165, 1.54) is 30.4 Å². The van der Waals surface area contributed by atoms with E-state index in [0.717, 1.165) is 38.5 Å². The van der Waals surface area contributed by atoms with Gasteiger partial charge in [-0.25, -0.2) is 0 Å². The lowest BCUT2D eigenvalue weighted by Gasteiger charge is -2.53. The molecule has 2 aliphatic carbocycles. The first-order valence-electron chi connectivity index (χ1n) is 12.1. The summed E-state index contributed by atoms with van der Waals surface area (Å²) in [5.41, 5.74) is 2.49. The summed E-state index contributed by atoms with van der Waals surface area (Å²) in [6.45, 7) is 0. The Morgan fingerprint density at radius 1 is 0.710 bits per heavy atom. The van der Waals surface area contributed by atoms with Crippen LogP contribution in [0.15, 0.2) is 60.7 Å². The van der Waals surface area contributed by atoms with Crippen molar-refractivity contribution in [3.8, 4) is 0 Å². The molecule has 1 amide bonds. The zero-order chi connectivity index (χ0) is 21.9. The molecule has 0 N–H and O–H groups in total. The van der Waals surface area contributed by atoms with Crippen LogP contribution in [-0.4, -0.2) is 36.9 Å². The van der Waals surface area contributed by atoms with Crippen molar-refractivity contribution in [1.82, 2.24) is 9.80 Å². The molecule has 3 heteroatoms. The van der Waals surface area contributed by atoms with E-state index in [9.17, 15) is 4.79 Å². The minimum atomic E-state index is -0.218. The van der Waals surface area contributed by atoms with Gasteiger partial charge in [0.15, 0.2) is 0 Å². The highest BCUT2D eigenvalue weighted by molar-refractivity contribution is 5.79. The minimum Gasteiger partial charge on any atom is -0.336 e. The van der Waals surface area contributed by atoms with Gasteiger partial charge in [-0.1, -0.05) is 79.9 Å². The third kappa shape index (κ3) is 4.05. The normalized spacial score (nSPS) is 27.2. The van der Waals surface area contributed by atoms with Gasteiger partial charge < -0.3 is 4.90 Å². The SMILES string of the molecule is CN(C)C1(c2ccccc2)CCC(c2ccccc2)(N(C)C(=O)C2CCCCC2)CC1. The topological polar surface area (TPSA) is 23.6 Å². The van der Waals surface area contributed by atoms with E-state index >= 15 is 0 Å². The van der Waals surface area contributed by atoms with Crippen molar-refractivity contribution in [2.75, 3.05) is 21.1 Å². The molecule has 166 valence electrons. The molecule has 2 aliphatic rings. The van der Waals surface area contributed by atoms with Crippen LogP contribution >= 0.6 is 0 Å². The number of hydrogen-bond acceptors (Lipinski definition) is 2. The highest BCUT2D eigenvalue weighted by Gasteiger charge is 2.49. The van der Waals surface area contributed by atoms with Crippen LogP contribution in [0.4, 0.5) is 0 Å². The van der Waals surface area contributed by atoms with Crippen LogP contribution in [-0.2, 0) is 15.9 Å². The standard InChI is InChI=1S/C28H38N2O/c1-29(2)27(24-15-9-5-10-16-24)19-21-28(22-20-27,25-17-11-6-12-18-25)30(3)26(31)23-13-7-4-8-14-23/h5-6,9-12,15-18,23H,4,7-8,13-14,19-22H2,1-3H3. The predicted molar refractivity (Wildman–Crippen MR) is 128 cm³/mol. The lowest BCUT2D eigenvalue weighted by molar-refractivity contribution is -0.144. The maximum Gasteiger partial charge on any atom is 0.226 e. The van der Waals surface area contributed by atoms with Crippen LogP contribution in [0, 0.1) is 5.92 Å². The fourth-order valence-corrected chi connectivity index (χ4v) is 6.22. The first kappa shape index (κ1) is 22.1. The molecule has 0 radical (unpaired) electrons. The van der Waals surface area contributed by atoms with Crippen molar-refractivity contribution in [1.29, 1.82) is 0 Å². The number of nitrogens with zero attached hydrogens (tertiary/aromatic N) is 2. The monoisotopic (exact) mass is 418 g/mol. The van der Waals surface area contributed by atoms with Crippen molar-refractivity contribution in [3.63, 3.8) is 0 Å². The van der Waals surface area contributed by atoms with Gasteiger partial charge in [0.05, 0.1) is 5.54 Å². The average molecular weight is 419 g/mol. The molecule has 0 aliphatic heterocycles. The molecular formula is C28H38N2O. The summed E-state index contributed by atoms with van der Waals surface area (Å²) in [6, 6.07) is 21.7. The van der Waals surface area contributed by atoms with Gasteiger partial charge in [0, 0.05) is 18.5 Å². The molecule has 0 atom stereocenters. The summed E-state index contributed by atoms with van der Waals surface area (Å²) >= 11 is 0.